The molecular formula is C17H56NO7PS2. The fourth-order valence-corrected chi connectivity index (χ4v) is 0. The monoisotopic (exact) mass is 481 g/mol. The van der Waals surface area contributed by atoms with Gasteiger partial charge in [-0.15, -0.1) is 0 Å². The fourth-order valence-electron chi connectivity index (χ4n) is 0. The lowest BCUT2D eigenvalue weighted by atomic mass is 10.6. The van der Waals surface area contributed by atoms with Gasteiger partial charge in [-0.2, -0.15) is 5.06 Å². The van der Waals surface area contributed by atoms with Crippen molar-refractivity contribution in [1.82, 2.24) is 5.06 Å². The van der Waals surface area contributed by atoms with Crippen molar-refractivity contribution in [2.45, 2.75) is 58.4 Å². The summed E-state index contributed by atoms with van der Waals surface area (Å²) in [6.45, 7) is 5.65. The molecular weight excluding hydrogens is 425 g/mol. The van der Waals surface area contributed by atoms with Crippen LogP contribution in [0.2, 0.25) is 0 Å². The van der Waals surface area contributed by atoms with Crippen LogP contribution in [0.4, 0.5) is 0 Å². The molecule has 0 radical (unpaired) electrons. The molecule has 8 nitrogen and oxygen atoms in total. The van der Waals surface area contributed by atoms with Crippen LogP contribution in [0, 0.1) is 0 Å². The van der Waals surface area contributed by atoms with Crippen molar-refractivity contribution in [2.24, 2.45) is 0 Å². The average molecular weight is 482 g/mol. The fraction of sp³-hybridized carbons (Fsp3) is 0.941. The van der Waals surface area contributed by atoms with Crippen molar-refractivity contribution < 1.29 is 32.1 Å². The molecule has 0 unspecified atom stereocenters. The Kier molecular flexibility index (Phi) is 104. The highest BCUT2D eigenvalue weighted by molar-refractivity contribution is 7.89. The zero-order valence-electron chi connectivity index (χ0n) is 15.1. The van der Waals surface area contributed by atoms with Gasteiger partial charge in [0.2, 0.25) is 0 Å². The summed E-state index contributed by atoms with van der Waals surface area (Å²) < 4.78 is 38.6. The molecule has 0 spiro atoms. The average Bonchev–Trinajstić information content (AvgIpc) is 1.88. The van der Waals surface area contributed by atoms with E-state index in [-0.39, 0.29) is 50.3 Å². The molecule has 0 aromatic rings. The Balaban J connectivity index is -0.0000000137. The quantitative estimate of drug-likeness (QED) is 0.381. The van der Waals surface area contributed by atoms with Gasteiger partial charge in [0.1, 0.15) is 15.6 Å². The highest BCUT2D eigenvalue weighted by atomic mass is 32.2. The Labute approximate surface area is 181 Å². The number of hydrogen-bond acceptors (Lipinski definition) is 7. The molecule has 0 atom stereocenters. The van der Waals surface area contributed by atoms with Crippen LogP contribution in [0.15, 0.2) is 0 Å². The Morgan fingerprint density at radius 1 is 0.893 bits per heavy atom. The molecule has 0 aromatic carbocycles. The predicted octanol–water partition coefficient (Wildman–Crippen LogP) is 4.52. The first-order chi connectivity index (χ1) is 9.20. The first-order valence-corrected chi connectivity index (χ1v) is 12.5. The molecule has 0 saturated carbocycles. The van der Waals surface area contributed by atoms with E-state index >= 15 is 0 Å². The molecule has 0 aliphatic carbocycles. The lowest BCUT2D eigenvalue weighted by Crippen LogP contribution is -2.01. The van der Waals surface area contributed by atoms with Crippen LogP contribution in [0.1, 0.15) is 58.4 Å². The number of ketones is 1. The summed E-state index contributed by atoms with van der Waals surface area (Å²) >= 11 is 0. The van der Waals surface area contributed by atoms with Crippen LogP contribution in [-0.2, 0) is 30.0 Å². The second-order valence-electron chi connectivity index (χ2n) is 4.93. The summed E-state index contributed by atoms with van der Waals surface area (Å²) in [6, 6.07) is 0. The molecule has 0 aromatic heterocycles. The summed E-state index contributed by atoms with van der Waals surface area (Å²) in [5, 5.41) is 8.89. The smallest absolute Gasteiger partial charge is 0.194 e. The number of hydroxylamine groups is 2. The van der Waals surface area contributed by atoms with Gasteiger partial charge < -0.3 is 14.9 Å². The molecule has 0 rings (SSSR count). The summed E-state index contributed by atoms with van der Waals surface area (Å²) in [6.07, 6.45) is 5.60. The Bertz CT molecular complexity index is 382. The van der Waals surface area contributed by atoms with E-state index in [2.05, 4.69) is 0 Å². The standard InChI is InChI=1S/C3H6O.C2H7NO.C2H7O2P.C2H6O2S.C2H6OS.6CH4/c2*1-3(2)4;2*1-5(2,3)4;1-4(2)3;;;;;;/h1-2H3;4H,1-2H3;1-2H3,(H,3,4);1-2H3;1-2H3;6*1H4. The highest BCUT2D eigenvalue weighted by Crippen LogP contribution is 2.27. The molecule has 0 saturated heterocycles. The minimum atomic E-state index is -2.67. The van der Waals surface area contributed by atoms with E-state index in [1.807, 2.05) is 0 Å². The van der Waals surface area contributed by atoms with Crippen LogP contribution >= 0.6 is 7.37 Å². The Hall–Kier alpha value is -0.120. The molecule has 0 aliphatic heterocycles. The van der Waals surface area contributed by atoms with Crippen molar-refractivity contribution in [1.29, 1.82) is 0 Å². The number of hydrogen-bond donors (Lipinski definition) is 2. The van der Waals surface area contributed by atoms with E-state index in [0.29, 0.717) is 0 Å². The van der Waals surface area contributed by atoms with Gasteiger partial charge in [-0.1, -0.05) is 44.6 Å². The summed E-state index contributed by atoms with van der Waals surface area (Å²) in [5.41, 5.74) is 0. The second-order valence-corrected chi connectivity index (χ2v) is 11.3. The normalized spacial score (nSPS) is 7.64. The van der Waals surface area contributed by atoms with E-state index in [0.717, 1.165) is 17.6 Å². The summed E-state index contributed by atoms with van der Waals surface area (Å²) in [5.74, 6) is 0.167. The lowest BCUT2D eigenvalue weighted by molar-refractivity contribution is -0.115. The van der Waals surface area contributed by atoms with Gasteiger partial charge in [-0.25, -0.2) is 8.42 Å². The van der Waals surface area contributed by atoms with Gasteiger partial charge in [0.05, 0.1) is 0 Å². The highest BCUT2D eigenvalue weighted by Gasteiger charge is 1.92. The molecule has 11 heteroatoms. The number of carbonyl (C=O) groups is 1. The van der Waals surface area contributed by atoms with E-state index in [9.17, 15) is 22.0 Å². The van der Waals surface area contributed by atoms with E-state index in [1.54, 1.807) is 26.6 Å². The first-order valence-electron chi connectivity index (χ1n) is 5.71. The van der Waals surface area contributed by atoms with Gasteiger partial charge in [0.15, 0.2) is 7.37 Å². The number of carbonyl (C=O) groups excluding carboxylic acids is 1. The van der Waals surface area contributed by atoms with Gasteiger partial charge in [-0.3, -0.25) is 8.77 Å². The third-order valence-corrected chi connectivity index (χ3v) is 0. The van der Waals surface area contributed by atoms with Gasteiger partial charge in [-0.05, 0) is 13.8 Å². The number of Topliss-reactive ketones (excluding diaryl/α,β-unsaturated/α-hetero) is 1. The summed E-state index contributed by atoms with van der Waals surface area (Å²) in [7, 11) is -2.81. The molecule has 0 bridgehead atoms. The zero-order valence-corrected chi connectivity index (χ0v) is 17.7. The van der Waals surface area contributed by atoms with Crippen LogP contribution in [0.3, 0.4) is 0 Å². The zero-order chi connectivity index (χ0) is 19.7. The van der Waals surface area contributed by atoms with Gasteiger partial charge >= 0.3 is 0 Å². The minimum Gasteiger partial charge on any atom is -0.345 e. The van der Waals surface area contributed by atoms with E-state index < -0.39 is 28.0 Å². The number of rotatable bonds is 0. The van der Waals surface area contributed by atoms with Crippen molar-refractivity contribution in [3.05, 3.63) is 0 Å². The maximum absolute atomic E-state index is 9.77. The van der Waals surface area contributed by atoms with E-state index in [4.69, 9.17) is 10.1 Å². The van der Waals surface area contributed by atoms with Crippen LogP contribution in [0.25, 0.3) is 0 Å². The van der Waals surface area contributed by atoms with Crippen LogP contribution in [0.5, 0.6) is 0 Å². The molecule has 0 fully saturated rings. The maximum Gasteiger partial charge on any atom is 0.194 e. The molecule has 0 aliphatic rings. The molecule has 28 heavy (non-hydrogen) atoms. The molecule has 188 valence electrons. The Morgan fingerprint density at radius 3 is 0.893 bits per heavy atom. The third kappa shape index (κ3) is 1110000. The molecule has 0 amide bonds. The van der Waals surface area contributed by atoms with Gasteiger partial charge in [0.25, 0.3) is 0 Å². The SMILES string of the molecule is C.C.C.C.C.C.CC(C)=O.CN(C)O.CP(C)(=O)O.CS(C)(=O)=O.CS(C)=O. The topological polar surface area (TPSA) is 129 Å². The van der Waals surface area contributed by atoms with Crippen molar-refractivity contribution in [2.75, 3.05) is 52.4 Å². The van der Waals surface area contributed by atoms with Crippen LogP contribution < -0.4 is 0 Å². The second kappa shape index (κ2) is 41.3. The Morgan fingerprint density at radius 2 is 0.893 bits per heavy atom. The predicted molar refractivity (Wildman–Crippen MR) is 135 cm³/mol. The van der Waals surface area contributed by atoms with Gasteiger partial charge in [0, 0.05) is 63.2 Å². The number of sulfone groups is 1. The van der Waals surface area contributed by atoms with Crippen molar-refractivity contribution in [3.63, 3.8) is 0 Å². The van der Waals surface area contributed by atoms with Crippen molar-refractivity contribution >= 4 is 33.8 Å². The first kappa shape index (κ1) is 70.7. The van der Waals surface area contributed by atoms with Crippen molar-refractivity contribution in [3.8, 4) is 0 Å². The largest absolute Gasteiger partial charge is 0.345 e. The minimum absolute atomic E-state index is 0. The van der Waals surface area contributed by atoms with Crippen LogP contribution in [-0.4, -0.2) is 86.0 Å². The number of nitrogens with zero attached hydrogens (tertiary/aromatic N) is 1. The maximum atomic E-state index is 9.77. The van der Waals surface area contributed by atoms with E-state index in [1.165, 1.54) is 27.2 Å². The third-order valence-electron chi connectivity index (χ3n) is 0. The lowest BCUT2D eigenvalue weighted by Gasteiger charge is -1.89. The molecule has 2 N–H and O–H groups in total. The summed E-state index contributed by atoms with van der Waals surface area (Å²) in [4.78, 5) is 17.5. The molecule has 0 heterocycles.